The number of carbonyl (C=O) groups is 1. The molecule has 3 rings (SSSR count). The molecule has 2 aromatic heterocycles. The van der Waals surface area contributed by atoms with Gasteiger partial charge in [-0.25, -0.2) is 13.4 Å². The minimum atomic E-state index is -3.42. The van der Waals surface area contributed by atoms with Crippen LogP contribution in [0.3, 0.4) is 0 Å². The van der Waals surface area contributed by atoms with Crippen LogP contribution in [0, 0.1) is 13.8 Å². The molecular formula is C18H19N3O4S2. The molecule has 0 aliphatic heterocycles. The second-order valence-electron chi connectivity index (χ2n) is 6.12. The predicted octanol–water partition coefficient (Wildman–Crippen LogP) is 3.57. The lowest BCUT2D eigenvalue weighted by Gasteiger charge is -2.10. The standard InChI is InChI=1S/C18H19N3O4S2/c1-11-8-14(12(2)25-11)16-10-26-18(19-16)20-17(22)9-13-6-4-5-7-15(13)21-27(3,23)24/h4-8,10,21H,9H2,1-3H3,(H,19,20,22). The van der Waals surface area contributed by atoms with Gasteiger partial charge in [-0.3, -0.25) is 9.52 Å². The van der Waals surface area contributed by atoms with Crippen LogP contribution in [-0.4, -0.2) is 25.6 Å². The van der Waals surface area contributed by atoms with Crippen molar-refractivity contribution >= 4 is 38.1 Å². The number of nitrogens with zero attached hydrogens (tertiary/aromatic N) is 1. The Balaban J connectivity index is 1.72. The van der Waals surface area contributed by atoms with Gasteiger partial charge in [0.2, 0.25) is 15.9 Å². The van der Waals surface area contributed by atoms with Gasteiger partial charge >= 0.3 is 0 Å². The van der Waals surface area contributed by atoms with Gasteiger partial charge in [-0.2, -0.15) is 0 Å². The van der Waals surface area contributed by atoms with Crippen molar-refractivity contribution in [3.63, 3.8) is 0 Å². The third kappa shape index (κ3) is 4.95. The van der Waals surface area contributed by atoms with Crippen molar-refractivity contribution in [3.05, 3.63) is 52.8 Å². The Labute approximate surface area is 161 Å². The van der Waals surface area contributed by atoms with Crippen LogP contribution in [0.15, 0.2) is 40.1 Å². The smallest absolute Gasteiger partial charge is 0.230 e. The fourth-order valence-electron chi connectivity index (χ4n) is 2.65. The number of sulfonamides is 1. The lowest BCUT2D eigenvalue weighted by Crippen LogP contribution is -2.17. The number of aromatic nitrogens is 1. The van der Waals surface area contributed by atoms with Gasteiger partial charge in [0.25, 0.3) is 0 Å². The number of rotatable bonds is 6. The van der Waals surface area contributed by atoms with Crippen molar-refractivity contribution in [3.8, 4) is 11.3 Å². The number of para-hydroxylation sites is 1. The van der Waals surface area contributed by atoms with E-state index in [9.17, 15) is 13.2 Å². The summed E-state index contributed by atoms with van der Waals surface area (Å²) in [5.41, 5.74) is 2.61. The molecule has 0 radical (unpaired) electrons. The molecule has 7 nitrogen and oxygen atoms in total. The Hall–Kier alpha value is -2.65. The van der Waals surface area contributed by atoms with Crippen LogP contribution in [0.25, 0.3) is 11.3 Å². The molecule has 0 aliphatic rings. The summed E-state index contributed by atoms with van der Waals surface area (Å²) in [6.07, 6.45) is 1.10. The van der Waals surface area contributed by atoms with Crippen molar-refractivity contribution in [1.82, 2.24) is 4.98 Å². The molecule has 0 aliphatic carbocycles. The van der Waals surface area contributed by atoms with Crippen LogP contribution < -0.4 is 10.0 Å². The van der Waals surface area contributed by atoms with Crippen LogP contribution in [0.2, 0.25) is 0 Å². The molecule has 0 bridgehead atoms. The van der Waals surface area contributed by atoms with Crippen LogP contribution in [0.1, 0.15) is 17.1 Å². The van der Waals surface area contributed by atoms with Crippen molar-refractivity contribution in [2.24, 2.45) is 0 Å². The summed E-state index contributed by atoms with van der Waals surface area (Å²) >= 11 is 1.32. The number of anilines is 2. The number of benzene rings is 1. The molecule has 0 atom stereocenters. The Morgan fingerprint density at radius 1 is 1.26 bits per heavy atom. The highest BCUT2D eigenvalue weighted by molar-refractivity contribution is 7.92. The lowest BCUT2D eigenvalue weighted by atomic mass is 10.1. The highest BCUT2D eigenvalue weighted by Gasteiger charge is 2.14. The zero-order valence-corrected chi connectivity index (χ0v) is 16.7. The number of amides is 1. The van der Waals surface area contributed by atoms with Crippen LogP contribution in [0.5, 0.6) is 0 Å². The first-order chi connectivity index (χ1) is 12.7. The average Bonchev–Trinajstić information content (AvgIpc) is 3.13. The number of aryl methyl sites for hydroxylation is 2. The summed E-state index contributed by atoms with van der Waals surface area (Å²) < 4.78 is 30.9. The summed E-state index contributed by atoms with van der Waals surface area (Å²) in [7, 11) is -3.42. The monoisotopic (exact) mass is 405 g/mol. The molecule has 0 spiro atoms. The average molecular weight is 406 g/mol. The molecule has 0 saturated carbocycles. The first kappa shape index (κ1) is 19.1. The fraction of sp³-hybridized carbons (Fsp3) is 0.222. The summed E-state index contributed by atoms with van der Waals surface area (Å²) in [6.45, 7) is 3.74. The Morgan fingerprint density at radius 3 is 2.67 bits per heavy atom. The molecule has 0 saturated heterocycles. The lowest BCUT2D eigenvalue weighted by molar-refractivity contribution is -0.115. The van der Waals surface area contributed by atoms with E-state index < -0.39 is 10.0 Å². The van der Waals surface area contributed by atoms with Gasteiger partial charge < -0.3 is 9.73 Å². The van der Waals surface area contributed by atoms with Crippen molar-refractivity contribution < 1.29 is 17.6 Å². The number of hydrogen-bond acceptors (Lipinski definition) is 6. The summed E-state index contributed by atoms with van der Waals surface area (Å²) in [6, 6.07) is 8.69. The van der Waals surface area contributed by atoms with Crippen LogP contribution >= 0.6 is 11.3 Å². The maximum Gasteiger partial charge on any atom is 0.230 e. The van der Waals surface area contributed by atoms with E-state index in [1.165, 1.54) is 11.3 Å². The van der Waals surface area contributed by atoms with Gasteiger partial charge in [0.05, 0.1) is 24.1 Å². The molecule has 1 amide bonds. The number of carbonyl (C=O) groups excluding carboxylic acids is 1. The van der Waals surface area contributed by atoms with E-state index in [2.05, 4.69) is 15.0 Å². The molecular weight excluding hydrogens is 386 g/mol. The maximum atomic E-state index is 12.4. The highest BCUT2D eigenvalue weighted by Crippen LogP contribution is 2.29. The summed E-state index contributed by atoms with van der Waals surface area (Å²) in [5.74, 6) is 1.30. The highest BCUT2D eigenvalue weighted by atomic mass is 32.2. The largest absolute Gasteiger partial charge is 0.466 e. The fourth-order valence-corrected chi connectivity index (χ4v) is 3.98. The van der Waals surface area contributed by atoms with Gasteiger partial charge in [0.1, 0.15) is 11.5 Å². The quantitative estimate of drug-likeness (QED) is 0.653. The molecule has 2 heterocycles. The molecule has 0 unspecified atom stereocenters. The third-order valence-electron chi connectivity index (χ3n) is 3.73. The molecule has 1 aromatic carbocycles. The van der Waals surface area contributed by atoms with E-state index in [0.717, 1.165) is 29.0 Å². The van der Waals surface area contributed by atoms with Gasteiger partial charge in [-0.05, 0) is 31.5 Å². The molecule has 0 fully saturated rings. The van der Waals surface area contributed by atoms with E-state index in [1.807, 2.05) is 25.3 Å². The first-order valence-electron chi connectivity index (χ1n) is 8.10. The number of nitrogens with one attached hydrogen (secondary N) is 2. The Bertz CT molecular complexity index is 1080. The van der Waals surface area contributed by atoms with Crippen LogP contribution in [0.4, 0.5) is 10.8 Å². The molecule has 3 aromatic rings. The number of hydrogen-bond donors (Lipinski definition) is 2. The van der Waals surface area contributed by atoms with E-state index in [1.54, 1.807) is 24.3 Å². The normalized spacial score (nSPS) is 11.4. The maximum absolute atomic E-state index is 12.4. The Kier molecular flexibility index (Phi) is 5.33. The van der Waals surface area contributed by atoms with E-state index >= 15 is 0 Å². The topological polar surface area (TPSA) is 101 Å². The minimum Gasteiger partial charge on any atom is -0.466 e. The van der Waals surface area contributed by atoms with Gasteiger partial charge in [0.15, 0.2) is 5.13 Å². The third-order valence-corrected chi connectivity index (χ3v) is 5.08. The molecule has 9 heteroatoms. The predicted molar refractivity (Wildman–Crippen MR) is 107 cm³/mol. The number of furan rings is 1. The van der Waals surface area contributed by atoms with Crippen molar-refractivity contribution in [2.75, 3.05) is 16.3 Å². The second-order valence-corrected chi connectivity index (χ2v) is 8.73. The van der Waals surface area contributed by atoms with Crippen molar-refractivity contribution in [1.29, 1.82) is 0 Å². The summed E-state index contributed by atoms with van der Waals surface area (Å²) in [4.78, 5) is 16.8. The van der Waals surface area contributed by atoms with Gasteiger partial charge in [-0.15, -0.1) is 11.3 Å². The zero-order valence-electron chi connectivity index (χ0n) is 15.1. The van der Waals surface area contributed by atoms with Gasteiger partial charge in [-0.1, -0.05) is 18.2 Å². The summed E-state index contributed by atoms with van der Waals surface area (Å²) in [5, 5.41) is 5.08. The second kappa shape index (κ2) is 7.53. The first-order valence-corrected chi connectivity index (χ1v) is 10.9. The van der Waals surface area contributed by atoms with E-state index in [0.29, 0.717) is 16.4 Å². The molecule has 27 heavy (non-hydrogen) atoms. The van der Waals surface area contributed by atoms with E-state index in [-0.39, 0.29) is 12.3 Å². The number of thiazole rings is 1. The molecule has 142 valence electrons. The van der Waals surface area contributed by atoms with Crippen molar-refractivity contribution in [2.45, 2.75) is 20.3 Å². The van der Waals surface area contributed by atoms with E-state index in [4.69, 9.17) is 4.42 Å². The molecule has 2 N–H and O–H groups in total. The zero-order chi connectivity index (χ0) is 19.6. The van der Waals surface area contributed by atoms with Gasteiger partial charge in [0, 0.05) is 10.9 Å². The van der Waals surface area contributed by atoms with Crippen LogP contribution in [-0.2, 0) is 21.2 Å². The minimum absolute atomic E-state index is 0.0253. The SMILES string of the molecule is Cc1cc(-c2csc(NC(=O)Cc3ccccc3NS(C)(=O)=O)n2)c(C)o1. The Morgan fingerprint density at radius 2 is 2.00 bits per heavy atom.